The second-order valence-corrected chi connectivity index (χ2v) is 6.09. The van der Waals surface area contributed by atoms with Crippen molar-refractivity contribution >= 4 is 5.91 Å². The van der Waals surface area contributed by atoms with E-state index in [-0.39, 0.29) is 23.1 Å². The fraction of sp³-hybridized carbons (Fsp3) is 0.278. The highest BCUT2D eigenvalue weighted by Gasteiger charge is 2.24. The summed E-state index contributed by atoms with van der Waals surface area (Å²) in [7, 11) is 1.72. The molecule has 0 bridgehead atoms. The van der Waals surface area contributed by atoms with E-state index in [0.29, 0.717) is 11.1 Å². The van der Waals surface area contributed by atoms with Crippen LogP contribution in [0.1, 0.15) is 42.5 Å². The van der Waals surface area contributed by atoms with Gasteiger partial charge < -0.3 is 4.90 Å². The molecule has 23 heavy (non-hydrogen) atoms. The standard InChI is InChI=1S/C18H18FN3O/c1-18(2,3)22(4)17(23)16-20-11-14(12-21-16)6-5-13-7-9-15(19)10-8-13/h7-12H,1-4H3. The van der Waals surface area contributed by atoms with Crippen LogP contribution in [-0.2, 0) is 0 Å². The predicted octanol–water partition coefficient (Wildman–Crippen LogP) is 2.89. The lowest BCUT2D eigenvalue weighted by molar-refractivity contribution is 0.0643. The minimum atomic E-state index is -0.304. The number of hydrogen-bond donors (Lipinski definition) is 0. The van der Waals surface area contributed by atoms with Crippen LogP contribution < -0.4 is 0 Å². The Kier molecular flexibility index (Phi) is 4.75. The molecule has 0 fully saturated rings. The molecule has 0 saturated heterocycles. The molecule has 0 spiro atoms. The molecule has 0 N–H and O–H groups in total. The number of carbonyl (C=O) groups is 1. The van der Waals surface area contributed by atoms with Crippen molar-refractivity contribution in [2.75, 3.05) is 7.05 Å². The molecule has 0 saturated carbocycles. The summed E-state index contributed by atoms with van der Waals surface area (Å²) in [6.07, 6.45) is 3.01. The molecule has 1 heterocycles. The summed E-state index contributed by atoms with van der Waals surface area (Å²) in [5, 5.41) is 0. The minimum absolute atomic E-state index is 0.134. The van der Waals surface area contributed by atoms with Gasteiger partial charge in [0.1, 0.15) is 5.82 Å². The van der Waals surface area contributed by atoms with E-state index in [1.807, 2.05) is 20.8 Å². The van der Waals surface area contributed by atoms with Crippen LogP contribution in [-0.4, -0.2) is 33.4 Å². The highest BCUT2D eigenvalue weighted by molar-refractivity contribution is 5.90. The Morgan fingerprint density at radius 1 is 1.04 bits per heavy atom. The van der Waals surface area contributed by atoms with Crippen molar-refractivity contribution in [2.24, 2.45) is 0 Å². The van der Waals surface area contributed by atoms with Crippen LogP contribution in [0, 0.1) is 17.7 Å². The third kappa shape index (κ3) is 4.36. The van der Waals surface area contributed by atoms with Crippen LogP contribution in [0.5, 0.6) is 0 Å². The van der Waals surface area contributed by atoms with Gasteiger partial charge in [0.2, 0.25) is 5.82 Å². The molecule has 1 aromatic heterocycles. The van der Waals surface area contributed by atoms with Crippen molar-refractivity contribution in [3.63, 3.8) is 0 Å². The van der Waals surface area contributed by atoms with E-state index < -0.39 is 0 Å². The first kappa shape index (κ1) is 16.6. The van der Waals surface area contributed by atoms with Gasteiger partial charge in [-0.25, -0.2) is 14.4 Å². The summed E-state index contributed by atoms with van der Waals surface area (Å²) in [5.74, 6) is 5.37. The average molecular weight is 311 g/mol. The molecule has 0 aliphatic heterocycles. The Morgan fingerprint density at radius 3 is 2.09 bits per heavy atom. The van der Waals surface area contributed by atoms with Crippen molar-refractivity contribution < 1.29 is 9.18 Å². The normalized spacial score (nSPS) is 10.7. The van der Waals surface area contributed by atoms with Gasteiger partial charge in [0.15, 0.2) is 0 Å². The zero-order valence-corrected chi connectivity index (χ0v) is 13.6. The maximum absolute atomic E-state index is 12.8. The first-order valence-electron chi connectivity index (χ1n) is 7.15. The topological polar surface area (TPSA) is 46.1 Å². The van der Waals surface area contributed by atoms with Crippen LogP contribution in [0.25, 0.3) is 0 Å². The van der Waals surface area contributed by atoms with Gasteiger partial charge in [-0.15, -0.1) is 0 Å². The monoisotopic (exact) mass is 311 g/mol. The van der Waals surface area contributed by atoms with Crippen LogP contribution >= 0.6 is 0 Å². The maximum Gasteiger partial charge on any atom is 0.291 e. The molecular formula is C18H18FN3O. The van der Waals surface area contributed by atoms with Gasteiger partial charge in [0, 0.05) is 30.5 Å². The molecule has 1 amide bonds. The Bertz CT molecular complexity index is 750. The van der Waals surface area contributed by atoms with Crippen LogP contribution in [0.15, 0.2) is 36.7 Å². The molecule has 0 radical (unpaired) electrons. The van der Waals surface area contributed by atoms with E-state index >= 15 is 0 Å². The van der Waals surface area contributed by atoms with Crippen molar-refractivity contribution in [1.29, 1.82) is 0 Å². The molecule has 0 atom stereocenters. The second kappa shape index (κ2) is 6.57. The van der Waals surface area contributed by atoms with Crippen molar-refractivity contribution in [3.05, 3.63) is 59.4 Å². The van der Waals surface area contributed by atoms with Crippen molar-refractivity contribution in [1.82, 2.24) is 14.9 Å². The average Bonchev–Trinajstić information content (AvgIpc) is 2.52. The lowest BCUT2D eigenvalue weighted by Gasteiger charge is -2.31. The summed E-state index contributed by atoms with van der Waals surface area (Å²) in [5.41, 5.74) is 0.977. The maximum atomic E-state index is 12.8. The van der Waals surface area contributed by atoms with E-state index in [0.717, 1.165) is 0 Å². The van der Waals surface area contributed by atoms with Gasteiger partial charge in [0.25, 0.3) is 5.91 Å². The number of carbonyl (C=O) groups excluding carboxylic acids is 1. The Balaban J connectivity index is 2.14. The fourth-order valence-corrected chi connectivity index (χ4v) is 1.64. The Hall–Kier alpha value is -2.74. The number of amides is 1. The fourth-order valence-electron chi connectivity index (χ4n) is 1.64. The van der Waals surface area contributed by atoms with Gasteiger partial charge in [-0.05, 0) is 45.0 Å². The molecule has 118 valence electrons. The number of halogens is 1. The molecule has 0 aliphatic rings. The highest BCUT2D eigenvalue weighted by atomic mass is 19.1. The summed E-state index contributed by atoms with van der Waals surface area (Å²) in [6.45, 7) is 5.81. The van der Waals surface area contributed by atoms with Gasteiger partial charge in [0.05, 0.1) is 5.56 Å². The summed E-state index contributed by atoms with van der Waals surface area (Å²) < 4.78 is 12.8. The van der Waals surface area contributed by atoms with Gasteiger partial charge in [-0.1, -0.05) is 11.8 Å². The van der Waals surface area contributed by atoms with Gasteiger partial charge >= 0.3 is 0 Å². The number of nitrogens with zero attached hydrogens (tertiary/aromatic N) is 3. The van der Waals surface area contributed by atoms with Gasteiger partial charge in [-0.2, -0.15) is 0 Å². The summed E-state index contributed by atoms with van der Waals surface area (Å²) in [6, 6.07) is 5.90. The first-order valence-corrected chi connectivity index (χ1v) is 7.15. The molecule has 4 nitrogen and oxygen atoms in total. The van der Waals surface area contributed by atoms with Crippen molar-refractivity contribution in [3.8, 4) is 11.8 Å². The lowest BCUT2D eigenvalue weighted by atomic mass is 10.1. The number of hydrogen-bond acceptors (Lipinski definition) is 3. The van der Waals surface area contributed by atoms with E-state index in [9.17, 15) is 9.18 Å². The summed E-state index contributed by atoms with van der Waals surface area (Å²) >= 11 is 0. The largest absolute Gasteiger partial charge is 0.334 e. The number of rotatable bonds is 1. The van der Waals surface area contributed by atoms with Crippen LogP contribution in [0.2, 0.25) is 0 Å². The van der Waals surface area contributed by atoms with E-state index in [2.05, 4.69) is 21.8 Å². The molecular weight excluding hydrogens is 293 g/mol. The van der Waals surface area contributed by atoms with Crippen LogP contribution in [0.3, 0.4) is 0 Å². The van der Waals surface area contributed by atoms with E-state index in [4.69, 9.17) is 0 Å². The quantitative estimate of drug-likeness (QED) is 0.761. The lowest BCUT2D eigenvalue weighted by Crippen LogP contribution is -2.43. The predicted molar refractivity (Wildman–Crippen MR) is 86.3 cm³/mol. The van der Waals surface area contributed by atoms with E-state index in [1.165, 1.54) is 24.5 Å². The minimum Gasteiger partial charge on any atom is -0.334 e. The number of aromatic nitrogens is 2. The van der Waals surface area contributed by atoms with Crippen LogP contribution in [0.4, 0.5) is 4.39 Å². The molecule has 0 aliphatic carbocycles. The van der Waals surface area contributed by atoms with Crippen molar-refractivity contribution in [2.45, 2.75) is 26.3 Å². The highest BCUT2D eigenvalue weighted by Crippen LogP contribution is 2.12. The smallest absolute Gasteiger partial charge is 0.291 e. The molecule has 0 unspecified atom stereocenters. The molecule has 5 heteroatoms. The zero-order valence-electron chi connectivity index (χ0n) is 13.6. The van der Waals surface area contributed by atoms with Gasteiger partial charge in [-0.3, -0.25) is 4.79 Å². The zero-order chi connectivity index (χ0) is 17.0. The second-order valence-electron chi connectivity index (χ2n) is 6.09. The van der Waals surface area contributed by atoms with E-state index in [1.54, 1.807) is 24.1 Å². The summed E-state index contributed by atoms with van der Waals surface area (Å²) in [4.78, 5) is 22.0. The molecule has 1 aromatic carbocycles. The Morgan fingerprint density at radius 2 is 1.57 bits per heavy atom. The SMILES string of the molecule is CN(C(=O)c1ncc(C#Cc2ccc(F)cc2)cn1)C(C)(C)C. The third-order valence-electron chi connectivity index (χ3n) is 3.35. The first-order chi connectivity index (χ1) is 10.8. The molecule has 2 aromatic rings. The number of benzene rings is 1. The third-order valence-corrected chi connectivity index (χ3v) is 3.35. The Labute approximate surface area is 135 Å². The molecule has 2 rings (SSSR count).